The third-order valence-electron chi connectivity index (χ3n) is 2.59. The van der Waals surface area contributed by atoms with Gasteiger partial charge in [0.1, 0.15) is 0 Å². The molecule has 2 aromatic rings. The number of carboxylic acid groups (broad SMARTS) is 4. The Labute approximate surface area is 168 Å². The van der Waals surface area contributed by atoms with Gasteiger partial charge in [-0.25, -0.2) is 9.59 Å². The van der Waals surface area contributed by atoms with Crippen LogP contribution >= 0.6 is 0 Å². The van der Waals surface area contributed by atoms with Crippen LogP contribution in [-0.4, -0.2) is 58.4 Å². The third-order valence-corrected chi connectivity index (χ3v) is 2.59. The summed E-state index contributed by atoms with van der Waals surface area (Å²) < 4.78 is 0. The van der Waals surface area contributed by atoms with Crippen molar-refractivity contribution in [3.8, 4) is 0 Å². The lowest BCUT2D eigenvalue weighted by molar-refractivity contribution is -0.143. The van der Waals surface area contributed by atoms with Crippen LogP contribution in [0, 0.1) is 0 Å². The minimum absolute atomic E-state index is 0.296. The first-order valence-electron chi connectivity index (χ1n) is 8.24. The minimum Gasteiger partial charge on any atom is -0.481 e. The maximum Gasteiger partial charge on any atom is 0.335 e. The summed E-state index contributed by atoms with van der Waals surface area (Å²) in [5.41, 5.74) is 0.662. The highest BCUT2D eigenvalue weighted by atomic mass is 16.4. The summed E-state index contributed by atoms with van der Waals surface area (Å²) >= 11 is 0. The number of rotatable bonds is 5. The highest BCUT2D eigenvalue weighted by Gasteiger charge is 2.00. The molecule has 0 spiro atoms. The van der Waals surface area contributed by atoms with Crippen LogP contribution < -0.4 is 5.32 Å². The molecule has 5 N–H and O–H groups in total. The molecular weight excluding hydrogens is 382 g/mol. The number of aromatic carboxylic acids is 2. The van der Waals surface area contributed by atoms with Crippen LogP contribution in [0.4, 0.5) is 0 Å². The number of hydrogen-bond acceptors (Lipinski definition) is 5. The number of nitrogens with one attached hydrogen (secondary N) is 1. The van der Waals surface area contributed by atoms with Crippen molar-refractivity contribution >= 4 is 23.9 Å². The van der Waals surface area contributed by atoms with E-state index in [0.29, 0.717) is 11.1 Å². The molecule has 9 nitrogen and oxygen atoms in total. The van der Waals surface area contributed by atoms with Crippen molar-refractivity contribution in [2.75, 3.05) is 14.1 Å². The van der Waals surface area contributed by atoms with Gasteiger partial charge in [0.05, 0.1) is 24.0 Å². The van der Waals surface area contributed by atoms with E-state index in [1.807, 2.05) is 14.1 Å². The van der Waals surface area contributed by atoms with Gasteiger partial charge in [0.2, 0.25) is 0 Å². The molecule has 9 heteroatoms. The van der Waals surface area contributed by atoms with Crippen LogP contribution in [0.2, 0.25) is 0 Å². The Bertz CT molecular complexity index is 669. The summed E-state index contributed by atoms with van der Waals surface area (Å²) in [4.78, 5) is 39.7. The first-order chi connectivity index (χ1) is 13.6. The second-order valence-corrected chi connectivity index (χ2v) is 5.13. The fraction of sp³-hybridized carbons (Fsp3) is 0.200. The lowest BCUT2D eigenvalue weighted by atomic mass is 10.2. The SMILES string of the molecule is CNC.O=C(O)CCC(=O)O.O=C(O)c1ccccc1.O=C(O)c1ccccc1. The van der Waals surface area contributed by atoms with Crippen molar-refractivity contribution in [3.63, 3.8) is 0 Å². The minimum atomic E-state index is -1.08. The number of hydrogen-bond donors (Lipinski definition) is 5. The van der Waals surface area contributed by atoms with E-state index in [-0.39, 0.29) is 12.8 Å². The van der Waals surface area contributed by atoms with Crippen LogP contribution in [0.25, 0.3) is 0 Å². The predicted octanol–water partition coefficient (Wildman–Crippen LogP) is 2.54. The average Bonchev–Trinajstić information content (AvgIpc) is 2.69. The van der Waals surface area contributed by atoms with Gasteiger partial charge in [0.15, 0.2) is 0 Å². The first-order valence-corrected chi connectivity index (χ1v) is 8.24. The quantitative estimate of drug-likeness (QED) is 0.501. The molecule has 158 valence electrons. The van der Waals surface area contributed by atoms with E-state index >= 15 is 0 Å². The van der Waals surface area contributed by atoms with Gasteiger partial charge in [-0.1, -0.05) is 36.4 Å². The summed E-state index contributed by atoms with van der Waals surface area (Å²) in [5, 5.41) is 35.3. The Kier molecular flexibility index (Phi) is 16.8. The Morgan fingerprint density at radius 2 is 0.862 bits per heavy atom. The molecule has 0 saturated carbocycles. The molecule has 0 radical (unpaired) electrons. The molecule has 0 heterocycles. The highest BCUT2D eigenvalue weighted by molar-refractivity contribution is 5.87. The van der Waals surface area contributed by atoms with Crippen LogP contribution in [0.15, 0.2) is 60.7 Å². The van der Waals surface area contributed by atoms with Gasteiger partial charge >= 0.3 is 23.9 Å². The van der Waals surface area contributed by atoms with E-state index in [2.05, 4.69) is 5.32 Å². The first kappa shape index (κ1) is 27.5. The molecule has 0 unspecified atom stereocenters. The van der Waals surface area contributed by atoms with E-state index in [1.54, 1.807) is 60.7 Å². The Balaban J connectivity index is 0. The van der Waals surface area contributed by atoms with Gasteiger partial charge in [-0.15, -0.1) is 0 Å². The topological polar surface area (TPSA) is 161 Å². The second-order valence-electron chi connectivity index (χ2n) is 5.13. The van der Waals surface area contributed by atoms with E-state index in [9.17, 15) is 19.2 Å². The van der Waals surface area contributed by atoms with Crippen molar-refractivity contribution in [3.05, 3.63) is 71.8 Å². The van der Waals surface area contributed by atoms with Crippen LogP contribution in [0.1, 0.15) is 33.6 Å². The van der Waals surface area contributed by atoms with Crippen LogP contribution in [0.3, 0.4) is 0 Å². The molecule has 0 aliphatic carbocycles. The highest BCUT2D eigenvalue weighted by Crippen LogP contribution is 1.96. The van der Waals surface area contributed by atoms with E-state index < -0.39 is 23.9 Å². The molecular formula is C20H25NO8. The summed E-state index contributed by atoms with van der Waals surface area (Å²) in [6.07, 6.45) is -0.593. The molecule has 0 aliphatic rings. The van der Waals surface area contributed by atoms with Crippen molar-refractivity contribution in [2.45, 2.75) is 12.8 Å². The molecule has 0 amide bonds. The normalized spacial score (nSPS) is 8.48. The summed E-state index contributed by atoms with van der Waals surface area (Å²) in [5.74, 6) is -3.91. The lowest BCUT2D eigenvalue weighted by Crippen LogP contribution is -2.00. The average molecular weight is 407 g/mol. The van der Waals surface area contributed by atoms with Crippen molar-refractivity contribution in [1.82, 2.24) is 5.32 Å². The largest absolute Gasteiger partial charge is 0.481 e. The van der Waals surface area contributed by atoms with Gasteiger partial charge in [-0.2, -0.15) is 0 Å². The zero-order valence-corrected chi connectivity index (χ0v) is 16.1. The third kappa shape index (κ3) is 18.9. The zero-order valence-electron chi connectivity index (χ0n) is 16.1. The molecule has 0 bridgehead atoms. The van der Waals surface area contributed by atoms with Crippen molar-refractivity contribution < 1.29 is 39.6 Å². The second kappa shape index (κ2) is 17.7. The number of carboxylic acids is 4. The van der Waals surface area contributed by atoms with Gasteiger partial charge in [0.25, 0.3) is 0 Å². The molecule has 0 saturated heterocycles. The van der Waals surface area contributed by atoms with E-state index in [1.165, 1.54) is 0 Å². The fourth-order valence-corrected chi connectivity index (χ4v) is 1.38. The van der Waals surface area contributed by atoms with Crippen molar-refractivity contribution in [2.24, 2.45) is 0 Å². The number of carbonyl (C=O) groups is 4. The monoisotopic (exact) mass is 407 g/mol. The Morgan fingerprint density at radius 1 is 0.621 bits per heavy atom. The Hall–Kier alpha value is -3.72. The molecule has 29 heavy (non-hydrogen) atoms. The molecule has 2 rings (SSSR count). The summed E-state index contributed by atoms with van der Waals surface area (Å²) in [6.45, 7) is 0. The van der Waals surface area contributed by atoms with Crippen LogP contribution in [0.5, 0.6) is 0 Å². The van der Waals surface area contributed by atoms with Gasteiger partial charge in [-0.05, 0) is 38.4 Å². The molecule has 2 aromatic carbocycles. The summed E-state index contributed by atoms with van der Waals surface area (Å²) in [6, 6.07) is 16.6. The maximum absolute atomic E-state index is 10.2. The standard InChI is InChI=1S/2C7H6O2.C4H6O4.C2H7N/c2*8-7(9)6-4-2-1-3-5-6;5-3(6)1-2-4(7)8;1-3-2/h2*1-5H,(H,8,9);1-2H2,(H,5,6)(H,7,8);3H,1-2H3. The lowest BCUT2D eigenvalue weighted by Gasteiger charge is -1.88. The van der Waals surface area contributed by atoms with Gasteiger partial charge < -0.3 is 25.7 Å². The molecule has 0 aliphatic heterocycles. The zero-order chi connectivity index (χ0) is 22.7. The van der Waals surface area contributed by atoms with Gasteiger partial charge in [-0.3, -0.25) is 9.59 Å². The maximum atomic E-state index is 10.2. The van der Waals surface area contributed by atoms with Gasteiger partial charge in [0, 0.05) is 0 Å². The smallest absolute Gasteiger partial charge is 0.335 e. The molecule has 0 atom stereocenters. The van der Waals surface area contributed by atoms with E-state index in [4.69, 9.17) is 20.4 Å². The van der Waals surface area contributed by atoms with E-state index in [0.717, 1.165) is 0 Å². The molecule has 0 fully saturated rings. The fourth-order valence-electron chi connectivity index (χ4n) is 1.38. The summed E-state index contributed by atoms with van der Waals surface area (Å²) in [7, 11) is 3.75. The Morgan fingerprint density at radius 3 is 1.00 bits per heavy atom. The van der Waals surface area contributed by atoms with Crippen LogP contribution in [-0.2, 0) is 9.59 Å². The molecule has 0 aromatic heterocycles. The number of aliphatic carboxylic acids is 2. The number of benzene rings is 2. The predicted molar refractivity (Wildman–Crippen MR) is 106 cm³/mol. The van der Waals surface area contributed by atoms with Crippen molar-refractivity contribution in [1.29, 1.82) is 0 Å².